The van der Waals surface area contributed by atoms with Gasteiger partial charge in [-0.25, -0.2) is 0 Å². The van der Waals surface area contributed by atoms with Gasteiger partial charge in [0.15, 0.2) is 5.82 Å². The molecule has 130 valence electrons. The summed E-state index contributed by atoms with van der Waals surface area (Å²) >= 11 is 0. The van der Waals surface area contributed by atoms with Crippen LogP contribution in [0.1, 0.15) is 29.2 Å². The van der Waals surface area contributed by atoms with Crippen molar-refractivity contribution in [2.75, 3.05) is 0 Å². The molecule has 0 unspecified atom stereocenters. The Hall–Kier alpha value is -3.02. The summed E-state index contributed by atoms with van der Waals surface area (Å²) in [5, 5.41) is 8.87. The van der Waals surface area contributed by atoms with E-state index in [4.69, 9.17) is 0 Å². The van der Waals surface area contributed by atoms with Crippen molar-refractivity contribution in [2.24, 2.45) is 0 Å². The molecule has 1 aromatic carbocycles. The normalized spacial score (nSPS) is 21.3. The van der Waals surface area contributed by atoms with E-state index in [9.17, 15) is 4.79 Å². The highest BCUT2D eigenvalue weighted by Crippen LogP contribution is 2.34. The average Bonchev–Trinajstić information content (AvgIpc) is 3.22. The maximum atomic E-state index is 13.1. The highest BCUT2D eigenvalue weighted by molar-refractivity contribution is 5.93. The Bertz CT molecular complexity index is 937. The maximum Gasteiger partial charge on any atom is 0.273 e. The van der Waals surface area contributed by atoms with Gasteiger partial charge in [0.1, 0.15) is 11.5 Å². The lowest BCUT2D eigenvalue weighted by Crippen LogP contribution is -2.42. The number of amides is 1. The third kappa shape index (κ3) is 2.41. The van der Waals surface area contributed by atoms with E-state index in [1.54, 1.807) is 12.3 Å². The first kappa shape index (κ1) is 15.3. The highest BCUT2D eigenvalue weighted by atomic mass is 16.2. The number of fused-ring (bicyclic) bond motifs is 3. The third-order valence-corrected chi connectivity index (χ3v) is 5.41. The van der Waals surface area contributed by atoms with Crippen LogP contribution >= 0.6 is 0 Å². The minimum atomic E-state index is 0.0260. The summed E-state index contributed by atoms with van der Waals surface area (Å²) in [6.07, 6.45) is 4.44. The molecule has 2 aliphatic rings. The summed E-state index contributed by atoms with van der Waals surface area (Å²) < 4.78 is 2.19. The quantitative estimate of drug-likeness (QED) is 0.716. The number of hydrogen-bond donors (Lipinski definition) is 0. The first-order valence-electron chi connectivity index (χ1n) is 9.02. The van der Waals surface area contributed by atoms with E-state index >= 15 is 0 Å². The molecule has 6 heteroatoms. The van der Waals surface area contributed by atoms with Gasteiger partial charge >= 0.3 is 0 Å². The molecule has 1 saturated heterocycles. The smallest absolute Gasteiger partial charge is 0.273 e. The molecule has 2 aliphatic heterocycles. The van der Waals surface area contributed by atoms with E-state index < -0.39 is 0 Å². The van der Waals surface area contributed by atoms with Gasteiger partial charge in [-0.15, -0.1) is 10.2 Å². The second-order valence-electron chi connectivity index (χ2n) is 6.93. The molecule has 4 heterocycles. The molecule has 0 radical (unpaired) electrons. The zero-order chi connectivity index (χ0) is 17.5. The van der Waals surface area contributed by atoms with Gasteiger partial charge in [-0.2, -0.15) is 0 Å². The van der Waals surface area contributed by atoms with E-state index in [0.29, 0.717) is 5.69 Å². The van der Waals surface area contributed by atoms with Crippen molar-refractivity contribution in [3.63, 3.8) is 0 Å². The lowest BCUT2D eigenvalue weighted by Gasteiger charge is -2.27. The van der Waals surface area contributed by atoms with Gasteiger partial charge in [-0.3, -0.25) is 9.78 Å². The number of hydrogen-bond acceptors (Lipinski definition) is 4. The molecule has 0 saturated carbocycles. The van der Waals surface area contributed by atoms with Crippen LogP contribution in [0.2, 0.25) is 0 Å². The number of carbonyl (C=O) groups is 1. The fourth-order valence-corrected chi connectivity index (χ4v) is 4.19. The summed E-state index contributed by atoms with van der Waals surface area (Å²) in [5.41, 5.74) is 1.58. The first-order valence-corrected chi connectivity index (χ1v) is 9.02. The molecular weight excluding hydrogens is 326 g/mol. The number of aromatic nitrogens is 4. The fraction of sp³-hybridized carbons (Fsp3) is 0.300. The molecule has 0 N–H and O–H groups in total. The van der Waals surface area contributed by atoms with Crippen molar-refractivity contribution >= 4 is 5.91 Å². The molecule has 1 fully saturated rings. The van der Waals surface area contributed by atoms with Crippen LogP contribution in [0.25, 0.3) is 11.4 Å². The van der Waals surface area contributed by atoms with Gasteiger partial charge in [0, 0.05) is 30.8 Å². The van der Waals surface area contributed by atoms with Crippen LogP contribution in [0.15, 0.2) is 54.7 Å². The molecule has 0 aliphatic carbocycles. The van der Waals surface area contributed by atoms with Crippen molar-refractivity contribution in [3.05, 3.63) is 66.2 Å². The minimum Gasteiger partial charge on any atom is -0.329 e. The van der Waals surface area contributed by atoms with Gasteiger partial charge in [0.25, 0.3) is 5.91 Å². The summed E-state index contributed by atoms with van der Waals surface area (Å²) in [6, 6.07) is 15.9. The zero-order valence-corrected chi connectivity index (χ0v) is 14.3. The van der Waals surface area contributed by atoms with Crippen LogP contribution in [0, 0.1) is 0 Å². The van der Waals surface area contributed by atoms with E-state index in [1.165, 1.54) is 0 Å². The lowest BCUT2D eigenvalue weighted by molar-refractivity contribution is 0.0659. The zero-order valence-electron chi connectivity index (χ0n) is 14.3. The van der Waals surface area contributed by atoms with Crippen LogP contribution in [-0.2, 0) is 13.0 Å². The van der Waals surface area contributed by atoms with Crippen LogP contribution < -0.4 is 0 Å². The fourth-order valence-electron chi connectivity index (χ4n) is 4.19. The summed E-state index contributed by atoms with van der Waals surface area (Å²) in [6.45, 7) is 0.738. The number of rotatable bonds is 2. The second kappa shape index (κ2) is 6.05. The van der Waals surface area contributed by atoms with E-state index in [0.717, 1.165) is 43.0 Å². The van der Waals surface area contributed by atoms with Gasteiger partial charge in [0.05, 0.1) is 6.04 Å². The topological polar surface area (TPSA) is 63.9 Å². The van der Waals surface area contributed by atoms with Gasteiger partial charge in [-0.1, -0.05) is 36.4 Å². The highest BCUT2D eigenvalue weighted by Gasteiger charge is 2.41. The van der Waals surface area contributed by atoms with Crippen LogP contribution in [0.5, 0.6) is 0 Å². The predicted molar refractivity (Wildman–Crippen MR) is 96.4 cm³/mol. The summed E-state index contributed by atoms with van der Waals surface area (Å²) in [4.78, 5) is 19.3. The van der Waals surface area contributed by atoms with Gasteiger partial charge in [0.2, 0.25) is 0 Å². The molecule has 2 atom stereocenters. The summed E-state index contributed by atoms with van der Waals surface area (Å²) in [7, 11) is 0. The largest absolute Gasteiger partial charge is 0.329 e. The predicted octanol–water partition coefficient (Wildman–Crippen LogP) is 2.57. The number of carbonyl (C=O) groups excluding carboxylic acids is 1. The number of nitrogens with zero attached hydrogens (tertiary/aromatic N) is 5. The molecule has 2 bridgehead atoms. The van der Waals surface area contributed by atoms with Crippen LogP contribution in [0.4, 0.5) is 0 Å². The molecular formula is C20H19N5O. The Morgan fingerprint density at radius 2 is 1.77 bits per heavy atom. The molecule has 2 aromatic heterocycles. The molecule has 3 aromatic rings. The molecule has 1 amide bonds. The molecule has 26 heavy (non-hydrogen) atoms. The number of pyridine rings is 1. The Kier molecular flexibility index (Phi) is 3.55. The first-order chi connectivity index (χ1) is 12.8. The Labute approximate surface area is 151 Å². The molecule has 5 rings (SSSR count). The molecule has 6 nitrogen and oxygen atoms in total. The maximum absolute atomic E-state index is 13.1. The average molecular weight is 345 g/mol. The van der Waals surface area contributed by atoms with Crippen molar-refractivity contribution in [1.29, 1.82) is 0 Å². The van der Waals surface area contributed by atoms with Crippen molar-refractivity contribution in [1.82, 2.24) is 24.6 Å². The Balaban J connectivity index is 1.50. The van der Waals surface area contributed by atoms with E-state index in [1.807, 2.05) is 35.2 Å². The minimum absolute atomic E-state index is 0.0260. The Morgan fingerprint density at radius 1 is 0.962 bits per heavy atom. The Morgan fingerprint density at radius 3 is 2.58 bits per heavy atom. The van der Waals surface area contributed by atoms with Crippen molar-refractivity contribution < 1.29 is 4.79 Å². The SMILES string of the molecule is O=C(c1ccccn1)N1[C@@H]2CC[C@H]1Cc1nnc(-c3ccccc3)n1C2. The van der Waals surface area contributed by atoms with Gasteiger partial charge < -0.3 is 9.47 Å². The van der Waals surface area contributed by atoms with Gasteiger partial charge in [-0.05, 0) is 25.0 Å². The lowest BCUT2D eigenvalue weighted by atomic mass is 10.1. The number of benzene rings is 1. The molecule has 0 spiro atoms. The van der Waals surface area contributed by atoms with Crippen LogP contribution in [0.3, 0.4) is 0 Å². The van der Waals surface area contributed by atoms with E-state index in [2.05, 4.69) is 31.9 Å². The van der Waals surface area contributed by atoms with Crippen molar-refractivity contribution in [3.8, 4) is 11.4 Å². The second-order valence-corrected chi connectivity index (χ2v) is 6.93. The standard InChI is InChI=1S/C20H19N5O/c26-20(17-8-4-5-11-21-17)25-15-9-10-16(25)13-24-18(12-15)22-23-19(24)14-6-2-1-3-7-14/h1-8,11,15-16H,9-10,12-13H2/t15-,16+/m0/s1. The van der Waals surface area contributed by atoms with E-state index in [-0.39, 0.29) is 18.0 Å². The summed E-state index contributed by atoms with van der Waals surface area (Å²) in [5.74, 6) is 1.88. The monoisotopic (exact) mass is 345 g/mol. The van der Waals surface area contributed by atoms with Crippen molar-refractivity contribution in [2.45, 2.75) is 37.9 Å². The van der Waals surface area contributed by atoms with Crippen LogP contribution in [-0.4, -0.2) is 42.6 Å². The third-order valence-electron chi connectivity index (χ3n) is 5.41.